The van der Waals surface area contributed by atoms with Gasteiger partial charge in [-0.3, -0.25) is 4.79 Å². The lowest BCUT2D eigenvalue weighted by Gasteiger charge is -2.29. The maximum Gasteiger partial charge on any atom is 0.308 e. The van der Waals surface area contributed by atoms with Gasteiger partial charge in [0.1, 0.15) is 12.4 Å². The van der Waals surface area contributed by atoms with E-state index in [0.717, 1.165) is 0 Å². The van der Waals surface area contributed by atoms with E-state index in [2.05, 4.69) is 0 Å². The Morgan fingerprint density at radius 2 is 2.00 bits per heavy atom. The summed E-state index contributed by atoms with van der Waals surface area (Å²) in [5.74, 6) is -0.281. The predicted molar refractivity (Wildman–Crippen MR) is 56.8 cm³/mol. The molecule has 0 spiro atoms. The molecule has 94 valence electrons. The maximum atomic E-state index is 11.5. The molecular weight excluding hydrogens is 212 g/mol. The van der Waals surface area contributed by atoms with Gasteiger partial charge in [0.05, 0.1) is 25.2 Å². The minimum atomic E-state index is -0.474. The largest absolute Gasteiger partial charge is 0.460 e. The van der Waals surface area contributed by atoms with Gasteiger partial charge in [-0.25, -0.2) is 0 Å². The van der Waals surface area contributed by atoms with Gasteiger partial charge in [-0.2, -0.15) is 0 Å². The number of hydrogen-bond donors (Lipinski definition) is 1. The Balaban J connectivity index is 2.33. The summed E-state index contributed by atoms with van der Waals surface area (Å²) < 4.78 is 15.6. The first kappa shape index (κ1) is 13.4. The fourth-order valence-electron chi connectivity index (χ4n) is 1.50. The molecule has 5 nitrogen and oxygen atoms in total. The van der Waals surface area contributed by atoms with Crippen LogP contribution in [0.1, 0.15) is 33.6 Å². The van der Waals surface area contributed by atoms with E-state index in [4.69, 9.17) is 19.3 Å². The SMILES string of the molecule is CC(C)(C)OC(=O)CC1CC(CO)OCO1. The highest BCUT2D eigenvalue weighted by Crippen LogP contribution is 2.18. The van der Waals surface area contributed by atoms with Crippen molar-refractivity contribution in [2.45, 2.75) is 51.4 Å². The quantitative estimate of drug-likeness (QED) is 0.730. The summed E-state index contributed by atoms with van der Waals surface area (Å²) in [7, 11) is 0. The van der Waals surface area contributed by atoms with Crippen LogP contribution >= 0.6 is 0 Å². The molecule has 1 N–H and O–H groups in total. The van der Waals surface area contributed by atoms with Gasteiger partial charge in [0.2, 0.25) is 0 Å². The molecule has 1 aliphatic rings. The Morgan fingerprint density at radius 1 is 1.38 bits per heavy atom. The van der Waals surface area contributed by atoms with Crippen LogP contribution in [-0.4, -0.2) is 42.3 Å². The van der Waals surface area contributed by atoms with Gasteiger partial charge in [-0.1, -0.05) is 0 Å². The fourth-order valence-corrected chi connectivity index (χ4v) is 1.50. The molecule has 1 fully saturated rings. The summed E-state index contributed by atoms with van der Waals surface area (Å²) >= 11 is 0. The average Bonchev–Trinajstić information content (AvgIpc) is 2.15. The van der Waals surface area contributed by atoms with E-state index in [1.165, 1.54) is 0 Å². The molecule has 0 aliphatic carbocycles. The third-order valence-electron chi connectivity index (χ3n) is 2.15. The highest BCUT2D eigenvalue weighted by atomic mass is 16.7. The van der Waals surface area contributed by atoms with E-state index < -0.39 is 5.60 Å². The third-order valence-corrected chi connectivity index (χ3v) is 2.15. The lowest BCUT2D eigenvalue weighted by molar-refractivity contribution is -0.193. The molecule has 0 bridgehead atoms. The molecule has 1 rings (SSSR count). The van der Waals surface area contributed by atoms with Crippen LogP contribution < -0.4 is 0 Å². The second-order valence-electron chi connectivity index (χ2n) is 4.90. The fraction of sp³-hybridized carbons (Fsp3) is 0.909. The Kier molecular flexibility index (Phi) is 4.70. The smallest absolute Gasteiger partial charge is 0.308 e. The Morgan fingerprint density at radius 3 is 2.56 bits per heavy atom. The molecule has 0 aromatic carbocycles. The summed E-state index contributed by atoms with van der Waals surface area (Å²) in [4.78, 5) is 11.5. The van der Waals surface area contributed by atoms with E-state index in [0.29, 0.717) is 6.42 Å². The maximum absolute atomic E-state index is 11.5. The molecule has 0 saturated carbocycles. The Bertz CT molecular complexity index is 233. The van der Waals surface area contributed by atoms with Gasteiger partial charge in [0.25, 0.3) is 0 Å². The molecule has 0 radical (unpaired) electrons. The van der Waals surface area contributed by atoms with Crippen LogP contribution in [0.5, 0.6) is 0 Å². The van der Waals surface area contributed by atoms with Gasteiger partial charge in [-0.15, -0.1) is 0 Å². The number of ether oxygens (including phenoxy) is 3. The highest BCUT2D eigenvalue weighted by molar-refractivity contribution is 5.70. The van der Waals surface area contributed by atoms with Crippen LogP contribution in [0.3, 0.4) is 0 Å². The zero-order valence-electron chi connectivity index (χ0n) is 10.1. The van der Waals surface area contributed by atoms with Crippen LogP contribution in [0, 0.1) is 0 Å². The average molecular weight is 232 g/mol. The molecule has 0 aromatic heterocycles. The molecule has 2 atom stereocenters. The number of rotatable bonds is 3. The summed E-state index contributed by atoms with van der Waals surface area (Å²) in [5, 5.41) is 8.93. The Labute approximate surface area is 95.7 Å². The monoisotopic (exact) mass is 232 g/mol. The first-order chi connectivity index (χ1) is 7.40. The van der Waals surface area contributed by atoms with Crippen molar-refractivity contribution < 1.29 is 24.1 Å². The van der Waals surface area contributed by atoms with E-state index in [-0.39, 0.29) is 38.0 Å². The van der Waals surface area contributed by atoms with Gasteiger partial charge in [0, 0.05) is 6.42 Å². The molecule has 16 heavy (non-hydrogen) atoms. The van der Waals surface area contributed by atoms with Crippen molar-refractivity contribution >= 4 is 5.97 Å². The van der Waals surface area contributed by atoms with Crippen LogP contribution in [0.4, 0.5) is 0 Å². The van der Waals surface area contributed by atoms with E-state index >= 15 is 0 Å². The van der Waals surface area contributed by atoms with Crippen molar-refractivity contribution in [2.75, 3.05) is 13.4 Å². The van der Waals surface area contributed by atoms with Crippen LogP contribution in [0.2, 0.25) is 0 Å². The molecule has 5 heteroatoms. The minimum absolute atomic E-state index is 0.0474. The van der Waals surface area contributed by atoms with Crippen molar-refractivity contribution in [3.05, 3.63) is 0 Å². The zero-order valence-corrected chi connectivity index (χ0v) is 10.1. The number of aliphatic hydroxyl groups excluding tert-OH is 1. The normalized spacial score (nSPS) is 26.5. The van der Waals surface area contributed by atoms with Gasteiger partial charge in [0.15, 0.2) is 0 Å². The van der Waals surface area contributed by atoms with Crippen molar-refractivity contribution in [2.24, 2.45) is 0 Å². The first-order valence-electron chi connectivity index (χ1n) is 5.46. The van der Waals surface area contributed by atoms with Crippen molar-refractivity contribution in [1.82, 2.24) is 0 Å². The lowest BCUT2D eigenvalue weighted by atomic mass is 10.1. The Hall–Kier alpha value is -0.650. The number of hydrogen-bond acceptors (Lipinski definition) is 5. The van der Waals surface area contributed by atoms with Crippen molar-refractivity contribution in [1.29, 1.82) is 0 Å². The number of carbonyl (C=O) groups excluding carboxylic acids is 1. The minimum Gasteiger partial charge on any atom is -0.460 e. The van der Waals surface area contributed by atoms with Gasteiger partial charge in [-0.05, 0) is 20.8 Å². The number of esters is 1. The van der Waals surface area contributed by atoms with Crippen LogP contribution in [-0.2, 0) is 19.0 Å². The predicted octanol–water partition coefficient (Wildman–Crippen LogP) is 0.842. The molecule has 2 unspecified atom stereocenters. The second kappa shape index (κ2) is 5.61. The second-order valence-corrected chi connectivity index (χ2v) is 4.90. The first-order valence-corrected chi connectivity index (χ1v) is 5.46. The number of carbonyl (C=O) groups is 1. The summed E-state index contributed by atoms with van der Waals surface area (Å²) in [6, 6.07) is 0. The summed E-state index contributed by atoms with van der Waals surface area (Å²) in [6.45, 7) is 5.55. The van der Waals surface area contributed by atoms with Crippen LogP contribution in [0.15, 0.2) is 0 Å². The van der Waals surface area contributed by atoms with E-state index in [1.807, 2.05) is 20.8 Å². The highest BCUT2D eigenvalue weighted by Gasteiger charge is 2.26. The van der Waals surface area contributed by atoms with Crippen molar-refractivity contribution in [3.8, 4) is 0 Å². The molecule has 0 aromatic rings. The molecule has 0 amide bonds. The summed E-state index contributed by atoms with van der Waals surface area (Å²) in [6.07, 6.45) is 0.273. The number of aliphatic hydroxyl groups is 1. The van der Waals surface area contributed by atoms with Gasteiger partial charge < -0.3 is 19.3 Å². The van der Waals surface area contributed by atoms with Crippen molar-refractivity contribution in [3.63, 3.8) is 0 Å². The molecule has 1 aliphatic heterocycles. The molecule has 1 saturated heterocycles. The standard InChI is InChI=1S/C11H20O5/c1-11(2,3)16-10(13)5-8-4-9(6-12)15-7-14-8/h8-9,12H,4-7H2,1-3H3. The van der Waals surface area contributed by atoms with Gasteiger partial charge >= 0.3 is 5.97 Å². The van der Waals surface area contributed by atoms with E-state index in [9.17, 15) is 4.79 Å². The lowest BCUT2D eigenvalue weighted by Crippen LogP contribution is -2.36. The molecule has 1 heterocycles. The zero-order chi connectivity index (χ0) is 12.2. The van der Waals surface area contributed by atoms with Crippen LogP contribution in [0.25, 0.3) is 0 Å². The topological polar surface area (TPSA) is 65.0 Å². The third kappa shape index (κ3) is 4.92. The molecular formula is C11H20O5. The summed E-state index contributed by atoms with van der Waals surface area (Å²) in [5.41, 5.74) is -0.474. The van der Waals surface area contributed by atoms with E-state index in [1.54, 1.807) is 0 Å².